The van der Waals surface area contributed by atoms with Crippen LogP contribution in [-0.2, 0) is 19.4 Å². The van der Waals surface area contributed by atoms with Crippen molar-refractivity contribution in [1.29, 1.82) is 0 Å². The van der Waals surface area contributed by atoms with Crippen LogP contribution in [0.1, 0.15) is 28.8 Å². The van der Waals surface area contributed by atoms with Gasteiger partial charge in [0.05, 0.1) is 32.6 Å². The lowest BCUT2D eigenvalue weighted by molar-refractivity contribution is -0.384. The molecule has 1 aliphatic carbocycles. The number of hydrogen-bond acceptors (Lipinski definition) is 5. The zero-order chi connectivity index (χ0) is 23.3. The van der Waals surface area contributed by atoms with Crippen LogP contribution in [0.4, 0.5) is 5.69 Å². The van der Waals surface area contributed by atoms with E-state index >= 15 is 0 Å². The summed E-state index contributed by atoms with van der Waals surface area (Å²) >= 11 is 13.7. The van der Waals surface area contributed by atoms with Crippen LogP contribution in [0.3, 0.4) is 0 Å². The number of benzene rings is 2. The van der Waals surface area contributed by atoms with E-state index < -0.39 is 10.6 Å². The maximum atomic E-state index is 13.7. The van der Waals surface area contributed by atoms with E-state index in [4.69, 9.17) is 23.2 Å². The summed E-state index contributed by atoms with van der Waals surface area (Å²) in [7, 11) is 0. The molecule has 0 amide bonds. The quantitative estimate of drug-likeness (QED) is 0.278. The lowest BCUT2D eigenvalue weighted by Gasteiger charge is -2.14. The van der Waals surface area contributed by atoms with Crippen molar-refractivity contribution < 1.29 is 4.92 Å². The van der Waals surface area contributed by atoms with Crippen molar-refractivity contribution in [1.82, 2.24) is 9.13 Å². The van der Waals surface area contributed by atoms with Gasteiger partial charge in [0.15, 0.2) is 0 Å². The van der Waals surface area contributed by atoms with Gasteiger partial charge in [-0.25, -0.2) is 9.36 Å². The number of rotatable bonds is 4. The summed E-state index contributed by atoms with van der Waals surface area (Å²) in [6, 6.07) is 10.8. The van der Waals surface area contributed by atoms with Gasteiger partial charge in [0, 0.05) is 17.0 Å². The number of hydrogen-bond donors (Lipinski definition) is 0. The molecule has 0 unspecified atom stereocenters. The number of nitrogens with zero attached hydrogens (tertiary/aromatic N) is 3. The molecule has 0 N–H and O–H groups in total. The summed E-state index contributed by atoms with van der Waals surface area (Å²) in [6.07, 6.45) is 3.66. The topological polar surface area (TPSA) is 87.1 Å². The van der Waals surface area contributed by atoms with Crippen LogP contribution in [0, 0.1) is 10.1 Å². The second kappa shape index (κ2) is 8.44. The standard InChI is InChI=1S/C23H17Cl2N3O4S/c24-17-9-8-14(11-18(17)25)27-21(29)20-16-6-1-2-7-19(16)33-22(20)26(23(27)30)12-13-4-3-5-15(10-13)28(31)32/h3-5,8-11H,1-2,6-7,12H2. The number of nitro groups is 1. The molecule has 168 valence electrons. The lowest BCUT2D eigenvalue weighted by atomic mass is 9.97. The Hall–Kier alpha value is -2.94. The summed E-state index contributed by atoms with van der Waals surface area (Å²) in [4.78, 5) is 39.8. The number of aromatic nitrogens is 2. The number of halogens is 2. The second-order valence-electron chi connectivity index (χ2n) is 7.93. The Morgan fingerprint density at radius 3 is 2.58 bits per heavy atom. The molecule has 1 aliphatic rings. The molecule has 0 radical (unpaired) electrons. The first-order valence-electron chi connectivity index (χ1n) is 10.3. The molecule has 0 bridgehead atoms. The molecule has 5 rings (SSSR count). The fourth-order valence-corrected chi connectivity index (χ4v) is 5.98. The smallest absolute Gasteiger partial charge is 0.279 e. The first kappa shape index (κ1) is 21.9. The minimum atomic E-state index is -0.531. The monoisotopic (exact) mass is 501 g/mol. The lowest BCUT2D eigenvalue weighted by Crippen LogP contribution is -2.39. The minimum absolute atomic E-state index is 0.0555. The molecule has 0 fully saturated rings. The van der Waals surface area contributed by atoms with Gasteiger partial charge < -0.3 is 0 Å². The van der Waals surface area contributed by atoms with E-state index in [1.165, 1.54) is 34.1 Å². The van der Waals surface area contributed by atoms with Gasteiger partial charge in [0.25, 0.3) is 11.2 Å². The second-order valence-corrected chi connectivity index (χ2v) is 9.82. The third-order valence-electron chi connectivity index (χ3n) is 5.86. The van der Waals surface area contributed by atoms with Gasteiger partial charge in [0.1, 0.15) is 4.83 Å². The molecule has 2 aromatic heterocycles. The van der Waals surface area contributed by atoms with Gasteiger partial charge in [-0.15, -0.1) is 11.3 Å². The van der Waals surface area contributed by atoms with E-state index in [-0.39, 0.29) is 22.8 Å². The Balaban J connectivity index is 1.81. The summed E-state index contributed by atoms with van der Waals surface area (Å²) in [5, 5.41) is 12.3. The number of nitro benzene ring substituents is 1. The molecule has 4 aromatic rings. The van der Waals surface area contributed by atoms with Crippen molar-refractivity contribution >= 4 is 50.4 Å². The highest BCUT2D eigenvalue weighted by Crippen LogP contribution is 2.35. The zero-order valence-corrected chi connectivity index (χ0v) is 19.5. The predicted molar refractivity (Wildman–Crippen MR) is 131 cm³/mol. The van der Waals surface area contributed by atoms with Crippen molar-refractivity contribution in [2.45, 2.75) is 32.2 Å². The molecule has 10 heteroatoms. The fourth-order valence-electron chi connectivity index (χ4n) is 4.31. The first-order chi connectivity index (χ1) is 15.8. The van der Waals surface area contributed by atoms with Gasteiger partial charge in [-0.3, -0.25) is 19.5 Å². The van der Waals surface area contributed by atoms with Gasteiger partial charge in [-0.05, 0) is 55.0 Å². The summed E-state index contributed by atoms with van der Waals surface area (Å²) < 4.78 is 2.64. The predicted octanol–water partition coefficient (Wildman–Crippen LogP) is 5.36. The highest BCUT2D eigenvalue weighted by molar-refractivity contribution is 7.18. The molecule has 0 saturated carbocycles. The zero-order valence-electron chi connectivity index (χ0n) is 17.2. The Kier molecular flexibility index (Phi) is 5.60. The van der Waals surface area contributed by atoms with Crippen LogP contribution in [0.2, 0.25) is 10.0 Å². The van der Waals surface area contributed by atoms with Gasteiger partial charge in [-0.1, -0.05) is 35.3 Å². The van der Waals surface area contributed by atoms with Crippen LogP contribution in [0.25, 0.3) is 15.9 Å². The van der Waals surface area contributed by atoms with E-state index in [1.54, 1.807) is 24.3 Å². The number of fused-ring (bicyclic) bond motifs is 3. The Morgan fingerprint density at radius 2 is 1.82 bits per heavy atom. The molecule has 33 heavy (non-hydrogen) atoms. The maximum Gasteiger partial charge on any atom is 0.337 e. The average Bonchev–Trinajstić information content (AvgIpc) is 3.19. The van der Waals surface area contributed by atoms with E-state index in [1.807, 2.05) is 0 Å². The minimum Gasteiger partial charge on any atom is -0.279 e. The van der Waals surface area contributed by atoms with Crippen molar-refractivity contribution in [3.05, 3.63) is 99.5 Å². The molecule has 2 aromatic carbocycles. The number of aryl methyl sites for hydroxylation is 2. The van der Waals surface area contributed by atoms with E-state index in [0.717, 1.165) is 40.7 Å². The largest absolute Gasteiger partial charge is 0.337 e. The van der Waals surface area contributed by atoms with Crippen molar-refractivity contribution in [2.24, 2.45) is 0 Å². The fraction of sp³-hybridized carbons (Fsp3) is 0.217. The Morgan fingerprint density at radius 1 is 1.03 bits per heavy atom. The van der Waals surface area contributed by atoms with Gasteiger partial charge >= 0.3 is 5.69 Å². The normalized spacial score (nSPS) is 13.3. The van der Waals surface area contributed by atoms with Crippen molar-refractivity contribution in [3.8, 4) is 5.69 Å². The van der Waals surface area contributed by atoms with Crippen molar-refractivity contribution in [3.63, 3.8) is 0 Å². The molecule has 0 aliphatic heterocycles. The molecule has 2 heterocycles. The summed E-state index contributed by atoms with van der Waals surface area (Å²) in [5.41, 5.74) is 0.940. The molecule has 7 nitrogen and oxygen atoms in total. The molecular weight excluding hydrogens is 485 g/mol. The van der Waals surface area contributed by atoms with E-state index in [0.29, 0.717) is 26.5 Å². The summed E-state index contributed by atoms with van der Waals surface area (Å²) in [6.45, 7) is 0.0952. The SMILES string of the molecule is O=c1c2c3c(sc2n(Cc2cccc([N+](=O)[O-])c2)c(=O)n1-c1ccc(Cl)c(Cl)c1)CCCC3. The maximum absolute atomic E-state index is 13.7. The molecule has 0 spiro atoms. The number of thiophene rings is 1. The van der Waals surface area contributed by atoms with Crippen LogP contribution in [0.15, 0.2) is 52.1 Å². The number of non-ortho nitro benzene ring substituents is 1. The van der Waals surface area contributed by atoms with Crippen LogP contribution in [-0.4, -0.2) is 14.1 Å². The third-order valence-corrected chi connectivity index (χ3v) is 7.91. The van der Waals surface area contributed by atoms with Crippen LogP contribution < -0.4 is 11.2 Å². The molecule has 0 saturated heterocycles. The third kappa shape index (κ3) is 3.78. The van der Waals surface area contributed by atoms with Gasteiger partial charge in [0.2, 0.25) is 0 Å². The van der Waals surface area contributed by atoms with Gasteiger partial charge in [-0.2, -0.15) is 0 Å². The van der Waals surface area contributed by atoms with Crippen molar-refractivity contribution in [2.75, 3.05) is 0 Å². The van der Waals surface area contributed by atoms with Crippen LogP contribution >= 0.6 is 34.5 Å². The molecular formula is C23H17Cl2N3O4S. The highest BCUT2D eigenvalue weighted by atomic mass is 35.5. The van der Waals surface area contributed by atoms with E-state index in [2.05, 4.69) is 0 Å². The van der Waals surface area contributed by atoms with Crippen LogP contribution in [0.5, 0.6) is 0 Å². The average molecular weight is 502 g/mol. The summed E-state index contributed by atoms with van der Waals surface area (Å²) in [5.74, 6) is 0. The molecule has 0 atom stereocenters. The highest BCUT2D eigenvalue weighted by Gasteiger charge is 2.24. The Labute approximate surface area is 201 Å². The van der Waals surface area contributed by atoms with E-state index in [9.17, 15) is 19.7 Å². The first-order valence-corrected chi connectivity index (χ1v) is 11.9. The Bertz CT molecular complexity index is 1550.